The van der Waals surface area contributed by atoms with Gasteiger partial charge in [0, 0.05) is 5.56 Å². The number of benzene rings is 1. The van der Waals surface area contributed by atoms with Crippen LogP contribution < -0.4 is 4.74 Å². The predicted molar refractivity (Wildman–Crippen MR) is 69.9 cm³/mol. The van der Waals surface area contributed by atoms with Crippen molar-refractivity contribution in [3.63, 3.8) is 0 Å². The second kappa shape index (κ2) is 4.73. The molecule has 3 heteroatoms. The first kappa shape index (κ1) is 13.1. The van der Waals surface area contributed by atoms with Gasteiger partial charge in [0.1, 0.15) is 11.9 Å². The van der Waals surface area contributed by atoms with Gasteiger partial charge in [0.05, 0.1) is 6.10 Å². The maximum Gasteiger partial charge on any atom is 0.191 e. The van der Waals surface area contributed by atoms with Gasteiger partial charge < -0.3 is 9.84 Å². The molecule has 1 aromatic rings. The lowest BCUT2D eigenvalue weighted by molar-refractivity contribution is 0.0442. The number of Topliss-reactive ketones (excluding diaryl/α,β-unsaturated/α-hetero) is 1. The van der Waals surface area contributed by atoms with E-state index in [9.17, 15) is 9.90 Å². The molecule has 3 nitrogen and oxygen atoms in total. The van der Waals surface area contributed by atoms with E-state index in [0.717, 1.165) is 18.6 Å². The molecule has 0 aromatic heterocycles. The summed E-state index contributed by atoms with van der Waals surface area (Å²) in [6.45, 7) is 5.54. The Kier molecular flexibility index (Phi) is 3.44. The molecule has 1 aromatic carbocycles. The van der Waals surface area contributed by atoms with Gasteiger partial charge in [-0.1, -0.05) is 20.8 Å². The van der Waals surface area contributed by atoms with Crippen molar-refractivity contribution in [2.75, 3.05) is 0 Å². The van der Waals surface area contributed by atoms with E-state index in [1.165, 1.54) is 0 Å². The van der Waals surface area contributed by atoms with Gasteiger partial charge in [0.25, 0.3) is 0 Å². The third-order valence-corrected chi connectivity index (χ3v) is 3.03. The quantitative estimate of drug-likeness (QED) is 0.833. The second-order valence-electron chi connectivity index (χ2n) is 5.97. The average molecular weight is 248 g/mol. The van der Waals surface area contributed by atoms with Gasteiger partial charge in [0.15, 0.2) is 5.78 Å². The highest BCUT2D eigenvalue weighted by molar-refractivity contribution is 5.99. The molecule has 1 N–H and O–H groups in total. The number of ketones is 1. The Labute approximate surface area is 108 Å². The van der Waals surface area contributed by atoms with Crippen LogP contribution in [0.2, 0.25) is 0 Å². The van der Waals surface area contributed by atoms with Crippen LogP contribution in [0, 0.1) is 5.41 Å². The minimum Gasteiger partial charge on any atom is -0.490 e. The molecule has 0 radical (unpaired) electrons. The van der Waals surface area contributed by atoms with Crippen molar-refractivity contribution in [2.45, 2.75) is 45.8 Å². The molecule has 1 fully saturated rings. The van der Waals surface area contributed by atoms with E-state index in [4.69, 9.17) is 4.74 Å². The van der Waals surface area contributed by atoms with Gasteiger partial charge in [-0.15, -0.1) is 0 Å². The monoisotopic (exact) mass is 248 g/mol. The number of carbonyl (C=O) groups is 1. The normalized spacial score (nSPS) is 17.3. The van der Waals surface area contributed by atoms with Gasteiger partial charge in [-0.2, -0.15) is 0 Å². The Morgan fingerprint density at radius 1 is 1.28 bits per heavy atom. The molecule has 1 atom stereocenters. The van der Waals surface area contributed by atoms with Crippen LogP contribution in [0.15, 0.2) is 24.3 Å². The summed E-state index contributed by atoms with van der Waals surface area (Å²) in [5, 5.41) is 9.95. The molecule has 0 bridgehead atoms. The van der Waals surface area contributed by atoms with Crippen LogP contribution in [0.1, 0.15) is 44.0 Å². The van der Waals surface area contributed by atoms with E-state index in [-0.39, 0.29) is 5.78 Å². The van der Waals surface area contributed by atoms with Crippen molar-refractivity contribution >= 4 is 5.78 Å². The number of rotatable bonds is 4. The van der Waals surface area contributed by atoms with Gasteiger partial charge in [0.2, 0.25) is 0 Å². The topological polar surface area (TPSA) is 46.5 Å². The molecular weight excluding hydrogens is 228 g/mol. The first-order valence-electron chi connectivity index (χ1n) is 6.37. The number of aliphatic hydroxyl groups is 1. The first-order valence-corrected chi connectivity index (χ1v) is 6.37. The van der Waals surface area contributed by atoms with E-state index < -0.39 is 11.5 Å². The van der Waals surface area contributed by atoms with E-state index >= 15 is 0 Å². The molecule has 98 valence electrons. The van der Waals surface area contributed by atoms with Crippen LogP contribution in [0.4, 0.5) is 0 Å². The summed E-state index contributed by atoms with van der Waals surface area (Å²) in [5.41, 5.74) is 0.0841. The Morgan fingerprint density at radius 3 is 2.28 bits per heavy atom. The summed E-state index contributed by atoms with van der Waals surface area (Å²) >= 11 is 0. The zero-order chi connectivity index (χ0) is 13.3. The van der Waals surface area contributed by atoms with Crippen molar-refractivity contribution in [3.05, 3.63) is 29.8 Å². The van der Waals surface area contributed by atoms with Crippen LogP contribution in [-0.4, -0.2) is 23.1 Å². The maximum atomic E-state index is 12.0. The maximum absolute atomic E-state index is 12.0. The van der Waals surface area contributed by atoms with E-state index in [0.29, 0.717) is 11.7 Å². The molecule has 1 unspecified atom stereocenters. The van der Waals surface area contributed by atoms with Crippen LogP contribution in [0.3, 0.4) is 0 Å². The highest BCUT2D eigenvalue weighted by Crippen LogP contribution is 2.27. The SMILES string of the molecule is CC(C)(C)C(O)C(=O)c1ccc(OC2CC2)cc1. The van der Waals surface area contributed by atoms with Crippen LogP contribution >= 0.6 is 0 Å². The Bertz CT molecular complexity index is 424. The smallest absolute Gasteiger partial charge is 0.191 e. The number of ether oxygens (including phenoxy) is 1. The molecule has 18 heavy (non-hydrogen) atoms. The van der Waals surface area contributed by atoms with Gasteiger partial charge in [-0.05, 0) is 42.5 Å². The summed E-state index contributed by atoms with van der Waals surface area (Å²) < 4.78 is 5.61. The lowest BCUT2D eigenvalue weighted by Crippen LogP contribution is -2.34. The molecule has 0 heterocycles. The highest BCUT2D eigenvalue weighted by Gasteiger charge is 2.29. The van der Waals surface area contributed by atoms with Crippen molar-refractivity contribution in [1.29, 1.82) is 0 Å². The summed E-state index contributed by atoms with van der Waals surface area (Å²) in [6.07, 6.45) is 1.60. The van der Waals surface area contributed by atoms with Crippen LogP contribution in [0.5, 0.6) is 5.75 Å². The second-order valence-corrected chi connectivity index (χ2v) is 5.97. The molecule has 1 aliphatic carbocycles. The van der Waals surface area contributed by atoms with Gasteiger partial charge in [-0.25, -0.2) is 0 Å². The van der Waals surface area contributed by atoms with E-state index in [1.807, 2.05) is 20.8 Å². The van der Waals surface area contributed by atoms with Crippen LogP contribution in [-0.2, 0) is 0 Å². The van der Waals surface area contributed by atoms with Gasteiger partial charge >= 0.3 is 0 Å². The lowest BCUT2D eigenvalue weighted by atomic mass is 9.84. The molecule has 2 rings (SSSR count). The third-order valence-electron chi connectivity index (χ3n) is 3.03. The molecule has 1 aliphatic rings. The third kappa shape index (κ3) is 3.10. The highest BCUT2D eigenvalue weighted by atomic mass is 16.5. The van der Waals surface area contributed by atoms with E-state index in [2.05, 4.69) is 0 Å². The standard InChI is InChI=1S/C15H20O3/c1-15(2,3)14(17)13(16)10-4-6-11(7-5-10)18-12-8-9-12/h4-7,12,14,17H,8-9H2,1-3H3. The molecule has 0 spiro atoms. The van der Waals surface area contributed by atoms with Crippen molar-refractivity contribution in [3.8, 4) is 5.75 Å². The molecule has 0 saturated heterocycles. The summed E-state index contributed by atoms with van der Waals surface area (Å²) in [6, 6.07) is 7.02. The number of carbonyl (C=O) groups excluding carboxylic acids is 1. The lowest BCUT2D eigenvalue weighted by Gasteiger charge is -2.24. The summed E-state index contributed by atoms with van der Waals surface area (Å²) in [7, 11) is 0. The van der Waals surface area contributed by atoms with Gasteiger partial charge in [-0.3, -0.25) is 4.79 Å². The molecular formula is C15H20O3. The fourth-order valence-corrected chi connectivity index (χ4v) is 1.63. The fraction of sp³-hybridized carbons (Fsp3) is 0.533. The number of hydrogen-bond acceptors (Lipinski definition) is 3. The van der Waals surface area contributed by atoms with Crippen molar-refractivity contribution < 1.29 is 14.6 Å². The minimum absolute atomic E-state index is 0.236. The van der Waals surface area contributed by atoms with E-state index in [1.54, 1.807) is 24.3 Å². The van der Waals surface area contributed by atoms with Crippen molar-refractivity contribution in [1.82, 2.24) is 0 Å². The largest absolute Gasteiger partial charge is 0.490 e. The zero-order valence-corrected chi connectivity index (χ0v) is 11.1. The zero-order valence-electron chi connectivity index (χ0n) is 11.1. The Morgan fingerprint density at radius 2 is 1.83 bits per heavy atom. The fourth-order valence-electron chi connectivity index (χ4n) is 1.63. The summed E-state index contributed by atoms with van der Waals surface area (Å²) in [4.78, 5) is 12.0. The first-order chi connectivity index (χ1) is 8.38. The minimum atomic E-state index is -0.979. The molecule has 1 saturated carbocycles. The molecule has 0 aliphatic heterocycles. The number of hydrogen-bond donors (Lipinski definition) is 1. The average Bonchev–Trinajstić information content (AvgIpc) is 3.11. The Balaban J connectivity index is 2.06. The van der Waals surface area contributed by atoms with Crippen molar-refractivity contribution in [2.24, 2.45) is 5.41 Å². The summed E-state index contributed by atoms with van der Waals surface area (Å²) in [5.74, 6) is 0.555. The Hall–Kier alpha value is -1.35. The predicted octanol–water partition coefficient (Wildman–Crippen LogP) is 2.82. The molecule has 0 amide bonds. The van der Waals surface area contributed by atoms with Crippen LogP contribution in [0.25, 0.3) is 0 Å². The number of aliphatic hydroxyl groups excluding tert-OH is 1.